The highest BCUT2D eigenvalue weighted by Gasteiger charge is 2.16. The third-order valence-electron chi connectivity index (χ3n) is 2.52. The van der Waals surface area contributed by atoms with E-state index in [1.807, 2.05) is 5.32 Å². The third-order valence-corrected chi connectivity index (χ3v) is 2.52. The first-order valence-electron chi connectivity index (χ1n) is 5.43. The van der Waals surface area contributed by atoms with Gasteiger partial charge in [-0.05, 0) is 18.2 Å². The van der Waals surface area contributed by atoms with Gasteiger partial charge in [-0.25, -0.2) is 13.2 Å². The Balaban J connectivity index is 2.35. The average molecular weight is 282 g/mol. The van der Waals surface area contributed by atoms with Gasteiger partial charge in [0.15, 0.2) is 11.6 Å². The lowest BCUT2D eigenvalue weighted by molar-refractivity contribution is 0.102. The van der Waals surface area contributed by atoms with Gasteiger partial charge in [0, 0.05) is 17.8 Å². The maximum atomic E-state index is 13.4. The lowest BCUT2D eigenvalue weighted by atomic mass is 10.1. The molecule has 2 rings (SSSR count). The molecule has 0 heterocycles. The molecule has 0 bridgehead atoms. The molecule has 0 aromatic heterocycles. The van der Waals surface area contributed by atoms with Gasteiger partial charge in [-0.1, -0.05) is 0 Å². The number of nitrogens with two attached hydrogens (primary N) is 1. The fourth-order valence-corrected chi connectivity index (χ4v) is 1.58. The van der Waals surface area contributed by atoms with Crippen molar-refractivity contribution in [2.75, 3.05) is 11.1 Å². The van der Waals surface area contributed by atoms with Gasteiger partial charge < -0.3 is 16.2 Å². The summed E-state index contributed by atoms with van der Waals surface area (Å²) in [5, 5.41) is 11.3. The molecule has 0 aliphatic heterocycles. The Kier molecular flexibility index (Phi) is 3.51. The van der Waals surface area contributed by atoms with Gasteiger partial charge in [-0.3, -0.25) is 4.79 Å². The number of rotatable bonds is 2. The zero-order valence-electron chi connectivity index (χ0n) is 9.95. The van der Waals surface area contributed by atoms with Crippen LogP contribution in [0.5, 0.6) is 5.75 Å². The predicted molar refractivity (Wildman–Crippen MR) is 66.8 cm³/mol. The van der Waals surface area contributed by atoms with Gasteiger partial charge >= 0.3 is 0 Å². The number of hydrogen-bond acceptors (Lipinski definition) is 3. The Hall–Kier alpha value is -2.70. The summed E-state index contributed by atoms with van der Waals surface area (Å²) in [4.78, 5) is 11.8. The first-order chi connectivity index (χ1) is 9.38. The van der Waals surface area contributed by atoms with E-state index in [0.717, 1.165) is 6.07 Å². The van der Waals surface area contributed by atoms with Crippen LogP contribution in [0.15, 0.2) is 30.3 Å². The topological polar surface area (TPSA) is 75.3 Å². The van der Waals surface area contributed by atoms with Gasteiger partial charge in [0.2, 0.25) is 0 Å². The van der Waals surface area contributed by atoms with Crippen LogP contribution in [0, 0.1) is 17.5 Å². The van der Waals surface area contributed by atoms with Crippen LogP contribution in [-0.4, -0.2) is 11.0 Å². The lowest BCUT2D eigenvalue weighted by Gasteiger charge is -2.09. The third kappa shape index (κ3) is 2.66. The van der Waals surface area contributed by atoms with E-state index in [0.29, 0.717) is 12.1 Å². The molecular weight excluding hydrogens is 273 g/mol. The van der Waals surface area contributed by atoms with E-state index >= 15 is 0 Å². The van der Waals surface area contributed by atoms with E-state index in [4.69, 9.17) is 5.73 Å². The zero-order valence-corrected chi connectivity index (χ0v) is 9.95. The predicted octanol–water partition coefficient (Wildman–Crippen LogP) is 2.64. The Labute approximate surface area is 111 Å². The summed E-state index contributed by atoms with van der Waals surface area (Å²) in [6.07, 6.45) is 0. The second kappa shape index (κ2) is 5.12. The molecule has 0 saturated carbocycles. The monoisotopic (exact) mass is 282 g/mol. The number of hydrogen-bond donors (Lipinski definition) is 3. The van der Waals surface area contributed by atoms with Crippen LogP contribution in [0.1, 0.15) is 10.4 Å². The molecule has 0 radical (unpaired) electrons. The highest BCUT2D eigenvalue weighted by Crippen LogP contribution is 2.23. The SMILES string of the molecule is Nc1ccc(O)cc1C(=O)Nc1cc(F)cc(F)c1F. The average Bonchev–Trinajstić information content (AvgIpc) is 2.38. The number of nitrogen functional groups attached to an aromatic ring is 1. The molecule has 1 amide bonds. The molecule has 7 heteroatoms. The van der Waals surface area contributed by atoms with Crippen molar-refractivity contribution in [2.45, 2.75) is 0 Å². The smallest absolute Gasteiger partial charge is 0.257 e. The molecule has 2 aromatic carbocycles. The minimum absolute atomic E-state index is 0.0255. The van der Waals surface area contributed by atoms with Crippen molar-refractivity contribution in [3.05, 3.63) is 53.3 Å². The Bertz CT molecular complexity index is 690. The summed E-state index contributed by atoms with van der Waals surface area (Å²) in [7, 11) is 0. The number of carbonyl (C=O) groups excluding carboxylic acids is 1. The van der Waals surface area contributed by atoms with Crippen molar-refractivity contribution >= 4 is 17.3 Å². The van der Waals surface area contributed by atoms with Crippen molar-refractivity contribution in [1.29, 1.82) is 0 Å². The summed E-state index contributed by atoms with van der Waals surface area (Å²) < 4.78 is 39.4. The zero-order chi connectivity index (χ0) is 14.9. The van der Waals surface area contributed by atoms with E-state index in [2.05, 4.69) is 0 Å². The standard InChI is InChI=1S/C13H9F3N2O2/c14-6-3-9(15)12(16)11(4-6)18-13(20)8-5-7(19)1-2-10(8)17/h1-5,19H,17H2,(H,18,20). The number of benzene rings is 2. The fraction of sp³-hybridized carbons (Fsp3) is 0. The van der Waals surface area contributed by atoms with Gasteiger partial charge in [0.1, 0.15) is 11.6 Å². The largest absolute Gasteiger partial charge is 0.508 e. The second-order valence-electron chi connectivity index (χ2n) is 3.97. The molecule has 2 aromatic rings. The van der Waals surface area contributed by atoms with Crippen LogP contribution in [0.4, 0.5) is 24.5 Å². The molecule has 4 N–H and O–H groups in total. The van der Waals surface area contributed by atoms with Crippen LogP contribution < -0.4 is 11.1 Å². The molecular formula is C13H9F3N2O2. The summed E-state index contributed by atoms with van der Waals surface area (Å²) in [5.74, 6) is -4.98. The maximum absolute atomic E-state index is 13.4. The molecule has 0 spiro atoms. The minimum Gasteiger partial charge on any atom is -0.508 e. The summed E-state index contributed by atoms with van der Waals surface area (Å²) in [6, 6.07) is 4.57. The van der Waals surface area contributed by atoms with E-state index in [-0.39, 0.29) is 17.0 Å². The normalized spacial score (nSPS) is 10.3. The number of phenolic OH excluding ortho intramolecular Hbond substituents is 1. The molecule has 0 aliphatic carbocycles. The van der Waals surface area contributed by atoms with E-state index in [1.54, 1.807) is 0 Å². The minimum atomic E-state index is -1.43. The quantitative estimate of drug-likeness (QED) is 0.450. The van der Waals surface area contributed by atoms with Crippen LogP contribution in [0.2, 0.25) is 0 Å². The van der Waals surface area contributed by atoms with E-state index < -0.39 is 29.0 Å². The number of nitrogens with one attached hydrogen (secondary N) is 1. The molecule has 4 nitrogen and oxygen atoms in total. The van der Waals surface area contributed by atoms with E-state index in [1.165, 1.54) is 12.1 Å². The second-order valence-corrected chi connectivity index (χ2v) is 3.97. The van der Waals surface area contributed by atoms with Crippen molar-refractivity contribution in [3.8, 4) is 5.75 Å². The van der Waals surface area contributed by atoms with Gasteiger partial charge in [0.05, 0.1) is 11.3 Å². The molecule has 0 aliphatic rings. The first-order valence-corrected chi connectivity index (χ1v) is 5.43. The van der Waals surface area contributed by atoms with Crippen LogP contribution in [-0.2, 0) is 0 Å². The Morgan fingerprint density at radius 3 is 2.55 bits per heavy atom. The van der Waals surface area contributed by atoms with Crippen molar-refractivity contribution in [1.82, 2.24) is 0 Å². The van der Waals surface area contributed by atoms with Gasteiger partial charge in [-0.2, -0.15) is 0 Å². The number of carbonyl (C=O) groups is 1. The Morgan fingerprint density at radius 1 is 1.15 bits per heavy atom. The van der Waals surface area contributed by atoms with Crippen LogP contribution in [0.3, 0.4) is 0 Å². The van der Waals surface area contributed by atoms with Crippen LogP contribution >= 0.6 is 0 Å². The number of aromatic hydroxyl groups is 1. The molecule has 104 valence electrons. The van der Waals surface area contributed by atoms with Crippen molar-refractivity contribution in [2.24, 2.45) is 0 Å². The van der Waals surface area contributed by atoms with Crippen molar-refractivity contribution < 1.29 is 23.1 Å². The molecule has 0 fully saturated rings. The number of halogens is 3. The van der Waals surface area contributed by atoms with Gasteiger partial charge in [-0.15, -0.1) is 0 Å². The number of anilines is 2. The number of amides is 1. The summed E-state index contributed by atoms with van der Waals surface area (Å²) >= 11 is 0. The fourth-order valence-electron chi connectivity index (χ4n) is 1.58. The number of phenols is 1. The Morgan fingerprint density at radius 2 is 1.85 bits per heavy atom. The van der Waals surface area contributed by atoms with Crippen molar-refractivity contribution in [3.63, 3.8) is 0 Å². The lowest BCUT2D eigenvalue weighted by Crippen LogP contribution is -2.15. The van der Waals surface area contributed by atoms with Gasteiger partial charge in [0.25, 0.3) is 5.91 Å². The highest BCUT2D eigenvalue weighted by molar-refractivity contribution is 6.08. The molecule has 0 unspecified atom stereocenters. The molecule has 20 heavy (non-hydrogen) atoms. The van der Waals surface area contributed by atoms with Crippen LogP contribution in [0.25, 0.3) is 0 Å². The van der Waals surface area contributed by atoms with E-state index in [9.17, 15) is 23.1 Å². The summed E-state index contributed by atoms with van der Waals surface area (Å²) in [6.45, 7) is 0. The molecule has 0 atom stereocenters. The molecule has 0 saturated heterocycles. The maximum Gasteiger partial charge on any atom is 0.257 e. The highest BCUT2D eigenvalue weighted by atomic mass is 19.2. The summed E-state index contributed by atoms with van der Waals surface area (Å²) in [5.41, 5.74) is 4.75. The first kappa shape index (κ1) is 13.7.